The highest BCUT2D eigenvalue weighted by molar-refractivity contribution is 5.74. The van der Waals surface area contributed by atoms with Gasteiger partial charge >= 0.3 is 0 Å². The number of aromatic nitrogens is 3. The van der Waals surface area contributed by atoms with Crippen molar-refractivity contribution in [1.29, 1.82) is 0 Å². The first kappa shape index (κ1) is 10.4. The SMILES string of the molecule is CN1CCC(Nc2nnc3ccccc3n2)C1. The van der Waals surface area contributed by atoms with Crippen LogP contribution in [-0.4, -0.2) is 46.3 Å². The van der Waals surface area contributed by atoms with Crippen molar-refractivity contribution in [3.8, 4) is 0 Å². The van der Waals surface area contributed by atoms with E-state index in [1.807, 2.05) is 24.3 Å². The molecule has 1 fully saturated rings. The number of anilines is 1. The minimum atomic E-state index is 0.433. The van der Waals surface area contributed by atoms with Crippen LogP contribution in [0.4, 0.5) is 5.95 Å². The molecule has 1 aliphatic rings. The first-order valence-corrected chi connectivity index (χ1v) is 5.86. The van der Waals surface area contributed by atoms with Gasteiger partial charge in [-0.15, -0.1) is 10.2 Å². The van der Waals surface area contributed by atoms with Crippen molar-refractivity contribution in [3.63, 3.8) is 0 Å². The number of likely N-dealkylation sites (N-methyl/N-ethyl adjacent to an activating group) is 1. The fourth-order valence-corrected chi connectivity index (χ4v) is 2.18. The quantitative estimate of drug-likeness (QED) is 0.837. The molecule has 2 aromatic rings. The Bertz CT molecular complexity index is 527. The fraction of sp³-hybridized carbons (Fsp3) is 0.417. The van der Waals surface area contributed by atoms with Crippen LogP contribution < -0.4 is 5.32 Å². The molecule has 1 atom stereocenters. The van der Waals surface area contributed by atoms with Crippen molar-refractivity contribution in [2.75, 3.05) is 25.5 Å². The monoisotopic (exact) mass is 229 g/mol. The van der Waals surface area contributed by atoms with E-state index in [-0.39, 0.29) is 0 Å². The molecular weight excluding hydrogens is 214 g/mol. The molecule has 2 heterocycles. The Morgan fingerprint density at radius 2 is 2.06 bits per heavy atom. The van der Waals surface area contributed by atoms with Crippen molar-refractivity contribution < 1.29 is 0 Å². The van der Waals surface area contributed by atoms with Gasteiger partial charge in [-0.3, -0.25) is 0 Å². The second-order valence-electron chi connectivity index (χ2n) is 4.52. The molecule has 1 aliphatic heterocycles. The molecule has 0 amide bonds. The molecule has 0 spiro atoms. The highest BCUT2D eigenvalue weighted by atomic mass is 15.3. The Morgan fingerprint density at radius 3 is 2.82 bits per heavy atom. The maximum absolute atomic E-state index is 4.46. The Kier molecular flexibility index (Phi) is 2.60. The zero-order valence-corrected chi connectivity index (χ0v) is 9.80. The lowest BCUT2D eigenvalue weighted by atomic mass is 10.3. The molecule has 5 nitrogen and oxygen atoms in total. The number of nitrogens with zero attached hydrogens (tertiary/aromatic N) is 4. The van der Waals surface area contributed by atoms with Gasteiger partial charge in [0.1, 0.15) is 5.52 Å². The number of hydrogen-bond acceptors (Lipinski definition) is 5. The summed E-state index contributed by atoms with van der Waals surface area (Å²) in [6, 6.07) is 8.21. The summed E-state index contributed by atoms with van der Waals surface area (Å²) in [6.07, 6.45) is 1.13. The van der Waals surface area contributed by atoms with Crippen molar-refractivity contribution in [3.05, 3.63) is 24.3 Å². The predicted octanol–water partition coefficient (Wildman–Crippen LogP) is 1.14. The van der Waals surface area contributed by atoms with E-state index in [9.17, 15) is 0 Å². The summed E-state index contributed by atoms with van der Waals surface area (Å²) in [6.45, 7) is 2.16. The van der Waals surface area contributed by atoms with E-state index in [1.165, 1.54) is 0 Å². The van der Waals surface area contributed by atoms with E-state index < -0.39 is 0 Å². The molecular formula is C12H15N5. The molecule has 0 bridgehead atoms. The minimum Gasteiger partial charge on any atom is -0.349 e. The van der Waals surface area contributed by atoms with Gasteiger partial charge in [-0.2, -0.15) is 0 Å². The van der Waals surface area contributed by atoms with E-state index >= 15 is 0 Å². The summed E-state index contributed by atoms with van der Waals surface area (Å²) >= 11 is 0. The average molecular weight is 229 g/mol. The summed E-state index contributed by atoms with van der Waals surface area (Å²) in [5.41, 5.74) is 1.72. The number of fused-ring (bicyclic) bond motifs is 1. The number of likely N-dealkylation sites (tertiary alicyclic amines) is 1. The number of para-hydroxylation sites is 1. The van der Waals surface area contributed by atoms with E-state index in [4.69, 9.17) is 0 Å². The molecule has 3 rings (SSSR count). The number of rotatable bonds is 2. The van der Waals surface area contributed by atoms with Crippen LogP contribution in [0.15, 0.2) is 24.3 Å². The Morgan fingerprint density at radius 1 is 1.24 bits per heavy atom. The molecule has 17 heavy (non-hydrogen) atoms. The maximum atomic E-state index is 4.46. The van der Waals surface area contributed by atoms with Gasteiger partial charge in [0.05, 0.1) is 5.52 Å². The highest BCUT2D eigenvalue weighted by Crippen LogP contribution is 2.13. The summed E-state index contributed by atoms with van der Waals surface area (Å²) < 4.78 is 0. The van der Waals surface area contributed by atoms with Crippen molar-refractivity contribution in [2.24, 2.45) is 0 Å². The standard InChI is InChI=1S/C12H15N5/c1-17-7-6-9(8-17)13-12-14-10-4-2-3-5-11(10)15-16-12/h2-5,9H,6-8H2,1H3,(H,13,14,16). The third kappa shape index (κ3) is 2.19. The van der Waals surface area contributed by atoms with Crippen LogP contribution in [0.2, 0.25) is 0 Å². The first-order chi connectivity index (χ1) is 8.31. The van der Waals surface area contributed by atoms with Crippen molar-refractivity contribution >= 4 is 17.0 Å². The van der Waals surface area contributed by atoms with Crippen LogP contribution >= 0.6 is 0 Å². The smallest absolute Gasteiger partial charge is 0.243 e. The molecule has 1 unspecified atom stereocenters. The molecule has 0 radical (unpaired) electrons. The Balaban J connectivity index is 1.81. The molecule has 0 aliphatic carbocycles. The van der Waals surface area contributed by atoms with E-state index in [2.05, 4.69) is 32.4 Å². The predicted molar refractivity (Wildman–Crippen MR) is 66.9 cm³/mol. The van der Waals surface area contributed by atoms with Crippen LogP contribution in [0.1, 0.15) is 6.42 Å². The molecule has 1 aromatic carbocycles. The normalized spacial score (nSPS) is 20.9. The molecule has 1 N–H and O–H groups in total. The lowest BCUT2D eigenvalue weighted by Gasteiger charge is -2.12. The Labute approximate surface area is 99.9 Å². The fourth-order valence-electron chi connectivity index (χ4n) is 2.18. The van der Waals surface area contributed by atoms with Crippen LogP contribution in [0, 0.1) is 0 Å². The third-order valence-corrected chi connectivity index (χ3v) is 3.09. The summed E-state index contributed by atoms with van der Waals surface area (Å²) in [5.74, 6) is 0.629. The molecule has 1 aromatic heterocycles. The van der Waals surface area contributed by atoms with Gasteiger partial charge < -0.3 is 10.2 Å². The van der Waals surface area contributed by atoms with Crippen LogP contribution in [0.5, 0.6) is 0 Å². The number of nitrogens with one attached hydrogen (secondary N) is 1. The zero-order chi connectivity index (χ0) is 11.7. The zero-order valence-electron chi connectivity index (χ0n) is 9.80. The van der Waals surface area contributed by atoms with Crippen LogP contribution in [-0.2, 0) is 0 Å². The minimum absolute atomic E-state index is 0.433. The molecule has 88 valence electrons. The van der Waals surface area contributed by atoms with E-state index in [0.29, 0.717) is 12.0 Å². The van der Waals surface area contributed by atoms with Crippen molar-refractivity contribution in [1.82, 2.24) is 20.1 Å². The van der Waals surface area contributed by atoms with Gasteiger partial charge in [0, 0.05) is 12.6 Å². The highest BCUT2D eigenvalue weighted by Gasteiger charge is 2.19. The molecule has 1 saturated heterocycles. The van der Waals surface area contributed by atoms with Gasteiger partial charge in [0.25, 0.3) is 0 Å². The van der Waals surface area contributed by atoms with Crippen molar-refractivity contribution in [2.45, 2.75) is 12.5 Å². The van der Waals surface area contributed by atoms with E-state index in [0.717, 1.165) is 30.5 Å². The maximum Gasteiger partial charge on any atom is 0.243 e. The first-order valence-electron chi connectivity index (χ1n) is 5.86. The lowest BCUT2D eigenvalue weighted by molar-refractivity contribution is 0.414. The van der Waals surface area contributed by atoms with Gasteiger partial charge in [-0.1, -0.05) is 12.1 Å². The van der Waals surface area contributed by atoms with E-state index in [1.54, 1.807) is 0 Å². The summed E-state index contributed by atoms with van der Waals surface area (Å²) in [7, 11) is 2.13. The summed E-state index contributed by atoms with van der Waals surface area (Å²) in [5, 5.41) is 11.6. The summed E-state index contributed by atoms with van der Waals surface area (Å²) in [4.78, 5) is 6.76. The van der Waals surface area contributed by atoms with Gasteiger partial charge in [0.15, 0.2) is 0 Å². The average Bonchev–Trinajstić information content (AvgIpc) is 2.75. The Hall–Kier alpha value is -1.75. The molecule has 0 saturated carbocycles. The third-order valence-electron chi connectivity index (χ3n) is 3.09. The molecule has 5 heteroatoms. The largest absolute Gasteiger partial charge is 0.349 e. The van der Waals surface area contributed by atoms with Crippen LogP contribution in [0.3, 0.4) is 0 Å². The van der Waals surface area contributed by atoms with Gasteiger partial charge in [-0.25, -0.2) is 4.98 Å². The topological polar surface area (TPSA) is 53.9 Å². The van der Waals surface area contributed by atoms with Gasteiger partial charge in [-0.05, 0) is 32.1 Å². The van der Waals surface area contributed by atoms with Gasteiger partial charge in [0.2, 0.25) is 5.95 Å². The lowest BCUT2D eigenvalue weighted by Crippen LogP contribution is -2.24. The van der Waals surface area contributed by atoms with Crippen LogP contribution in [0.25, 0.3) is 11.0 Å². The number of benzene rings is 1. The second kappa shape index (κ2) is 4.25. The number of hydrogen-bond donors (Lipinski definition) is 1. The second-order valence-corrected chi connectivity index (χ2v) is 4.52.